The average Bonchev–Trinajstić information content (AvgIpc) is 3.34. The topological polar surface area (TPSA) is 64.3 Å². The molecule has 2 aliphatic rings. The second-order valence-corrected chi connectivity index (χ2v) is 7.89. The van der Waals surface area contributed by atoms with Crippen LogP contribution in [0.4, 0.5) is 4.79 Å². The van der Waals surface area contributed by atoms with Crippen LogP contribution in [0.3, 0.4) is 0 Å². The third-order valence-electron chi connectivity index (χ3n) is 5.86. The van der Waals surface area contributed by atoms with Gasteiger partial charge in [0.1, 0.15) is 5.82 Å². The summed E-state index contributed by atoms with van der Waals surface area (Å²) in [5.74, 6) is 0.996. The molecule has 0 spiro atoms. The van der Waals surface area contributed by atoms with Gasteiger partial charge in [0.25, 0.3) is 0 Å². The second kappa shape index (κ2) is 8.74. The highest BCUT2D eigenvalue weighted by Gasteiger charge is 2.28. The Morgan fingerprint density at radius 1 is 1.15 bits per heavy atom. The number of carbonyl (C=O) groups excluding carboxylic acids is 1. The number of imidazole rings is 1. The van der Waals surface area contributed by atoms with Gasteiger partial charge < -0.3 is 20.1 Å². The molecule has 2 N–H and O–H groups in total. The van der Waals surface area contributed by atoms with Gasteiger partial charge in [-0.05, 0) is 63.7 Å². The van der Waals surface area contributed by atoms with E-state index in [4.69, 9.17) is 0 Å². The molecule has 1 aromatic carbocycles. The summed E-state index contributed by atoms with van der Waals surface area (Å²) in [5.41, 5.74) is 2.09. The van der Waals surface area contributed by atoms with Gasteiger partial charge in [-0.3, -0.25) is 0 Å². The normalized spacial score (nSPS) is 21.0. The number of H-pyrrole nitrogens is 1. The van der Waals surface area contributed by atoms with Crippen LogP contribution in [0, 0.1) is 0 Å². The molecule has 2 fully saturated rings. The molecular weight excluding hydrogens is 338 g/mol. The zero-order valence-corrected chi connectivity index (χ0v) is 16.1. The van der Waals surface area contributed by atoms with Gasteiger partial charge in [0.05, 0.1) is 11.0 Å². The molecule has 146 valence electrons. The summed E-state index contributed by atoms with van der Waals surface area (Å²) in [6, 6.07) is 8.58. The van der Waals surface area contributed by atoms with Gasteiger partial charge in [-0.2, -0.15) is 0 Å². The molecule has 0 bridgehead atoms. The number of nitrogens with zero attached hydrogens (tertiary/aromatic N) is 3. The molecule has 1 aromatic heterocycles. The Morgan fingerprint density at radius 3 is 2.81 bits per heavy atom. The van der Waals surface area contributed by atoms with E-state index < -0.39 is 0 Å². The highest BCUT2D eigenvalue weighted by atomic mass is 16.2. The number of hydrogen-bond acceptors (Lipinski definition) is 3. The van der Waals surface area contributed by atoms with Gasteiger partial charge in [-0.25, -0.2) is 9.78 Å². The van der Waals surface area contributed by atoms with Crippen LogP contribution >= 0.6 is 0 Å². The molecule has 0 saturated carbocycles. The molecule has 0 radical (unpaired) electrons. The number of carbonyl (C=O) groups is 1. The number of urea groups is 1. The van der Waals surface area contributed by atoms with Crippen molar-refractivity contribution in [2.75, 3.05) is 32.7 Å². The lowest BCUT2D eigenvalue weighted by atomic mass is 10.0. The van der Waals surface area contributed by atoms with Crippen LogP contribution in [0.1, 0.15) is 44.3 Å². The number of likely N-dealkylation sites (tertiary alicyclic amines) is 2. The van der Waals surface area contributed by atoms with Gasteiger partial charge in [0, 0.05) is 32.1 Å². The maximum atomic E-state index is 12.7. The number of benzene rings is 1. The highest BCUT2D eigenvalue weighted by molar-refractivity contribution is 5.75. The van der Waals surface area contributed by atoms with Crippen molar-refractivity contribution in [2.45, 2.75) is 51.0 Å². The summed E-state index contributed by atoms with van der Waals surface area (Å²) >= 11 is 0. The van der Waals surface area contributed by atoms with E-state index in [1.165, 1.54) is 32.4 Å². The molecule has 0 aliphatic carbocycles. The Morgan fingerprint density at radius 2 is 1.96 bits per heavy atom. The summed E-state index contributed by atoms with van der Waals surface area (Å²) in [6.45, 7) is 5.04. The van der Waals surface area contributed by atoms with Gasteiger partial charge in [-0.1, -0.05) is 12.1 Å². The lowest BCUT2D eigenvalue weighted by Gasteiger charge is -2.37. The van der Waals surface area contributed by atoms with Gasteiger partial charge in [-0.15, -0.1) is 0 Å². The first-order valence-electron chi connectivity index (χ1n) is 10.5. The van der Waals surface area contributed by atoms with E-state index in [2.05, 4.69) is 25.1 Å². The Labute approximate surface area is 161 Å². The number of nitrogens with one attached hydrogen (secondary N) is 2. The van der Waals surface area contributed by atoms with E-state index in [0.717, 1.165) is 55.6 Å². The number of fused-ring (bicyclic) bond motifs is 1. The summed E-state index contributed by atoms with van der Waals surface area (Å²) < 4.78 is 0. The first-order valence-corrected chi connectivity index (χ1v) is 10.5. The monoisotopic (exact) mass is 369 g/mol. The molecule has 4 rings (SSSR count). The lowest BCUT2D eigenvalue weighted by molar-refractivity contribution is 0.127. The van der Waals surface area contributed by atoms with Crippen LogP contribution in [0.25, 0.3) is 11.0 Å². The quantitative estimate of drug-likeness (QED) is 0.769. The number of para-hydroxylation sites is 2. The minimum atomic E-state index is 0.114. The van der Waals surface area contributed by atoms with Gasteiger partial charge in [0.2, 0.25) is 0 Å². The lowest BCUT2D eigenvalue weighted by Crippen LogP contribution is -2.52. The van der Waals surface area contributed by atoms with Crippen LogP contribution in [0.15, 0.2) is 24.3 Å². The van der Waals surface area contributed by atoms with Crippen molar-refractivity contribution < 1.29 is 4.79 Å². The molecule has 3 heterocycles. The molecule has 6 nitrogen and oxygen atoms in total. The highest BCUT2D eigenvalue weighted by Crippen LogP contribution is 2.20. The molecule has 2 amide bonds. The molecule has 2 aliphatic heterocycles. The molecule has 2 saturated heterocycles. The number of aromatic nitrogens is 2. The van der Waals surface area contributed by atoms with E-state index in [1.54, 1.807) is 0 Å². The zero-order chi connectivity index (χ0) is 18.5. The largest absolute Gasteiger partial charge is 0.342 e. The fourth-order valence-corrected chi connectivity index (χ4v) is 4.40. The van der Waals surface area contributed by atoms with Crippen LogP contribution in [0.5, 0.6) is 0 Å². The third kappa shape index (κ3) is 4.61. The molecule has 0 unspecified atom stereocenters. The standard InChI is InChI=1S/C21H31N5O/c27-21(26-15-4-3-8-17(26)16-25-13-5-6-14-25)22-12-7-11-20-23-18-9-1-2-10-19(18)24-20/h1-2,9-10,17H,3-8,11-16H2,(H,22,27)(H,23,24)/t17-/m0/s1. The summed E-state index contributed by atoms with van der Waals surface area (Å²) in [7, 11) is 0. The van der Waals surface area contributed by atoms with Crippen LogP contribution in [-0.2, 0) is 6.42 Å². The van der Waals surface area contributed by atoms with E-state index >= 15 is 0 Å². The third-order valence-corrected chi connectivity index (χ3v) is 5.86. The van der Waals surface area contributed by atoms with E-state index in [0.29, 0.717) is 12.6 Å². The number of hydrogen-bond donors (Lipinski definition) is 2. The number of rotatable bonds is 6. The zero-order valence-electron chi connectivity index (χ0n) is 16.1. The van der Waals surface area contributed by atoms with Gasteiger partial charge >= 0.3 is 6.03 Å². The molecular formula is C21H31N5O. The molecule has 27 heavy (non-hydrogen) atoms. The number of aromatic amines is 1. The van der Waals surface area contributed by atoms with Crippen molar-refractivity contribution in [3.05, 3.63) is 30.1 Å². The first kappa shape index (κ1) is 18.3. The number of aryl methyl sites for hydroxylation is 1. The maximum Gasteiger partial charge on any atom is 0.317 e. The van der Waals surface area contributed by atoms with Crippen molar-refractivity contribution in [3.63, 3.8) is 0 Å². The van der Waals surface area contributed by atoms with Crippen LogP contribution < -0.4 is 5.32 Å². The van der Waals surface area contributed by atoms with E-state index in [9.17, 15) is 4.79 Å². The summed E-state index contributed by atoms with van der Waals surface area (Å²) in [6.07, 6.45) is 7.88. The SMILES string of the molecule is O=C(NCCCc1nc2ccccc2[nH]1)N1CCCC[C@H]1CN1CCCC1. The van der Waals surface area contributed by atoms with Crippen LogP contribution in [0.2, 0.25) is 0 Å². The van der Waals surface area contributed by atoms with Crippen molar-refractivity contribution in [1.29, 1.82) is 0 Å². The maximum absolute atomic E-state index is 12.7. The first-order chi connectivity index (χ1) is 13.3. The summed E-state index contributed by atoms with van der Waals surface area (Å²) in [4.78, 5) is 25.3. The minimum absolute atomic E-state index is 0.114. The van der Waals surface area contributed by atoms with Crippen LogP contribution in [-0.4, -0.2) is 64.6 Å². The molecule has 6 heteroatoms. The predicted octanol–water partition coefficient (Wildman–Crippen LogP) is 3.16. The van der Waals surface area contributed by atoms with Crippen molar-refractivity contribution in [2.24, 2.45) is 0 Å². The van der Waals surface area contributed by atoms with Crippen molar-refractivity contribution in [1.82, 2.24) is 25.1 Å². The van der Waals surface area contributed by atoms with E-state index in [1.807, 2.05) is 24.3 Å². The van der Waals surface area contributed by atoms with E-state index in [-0.39, 0.29) is 6.03 Å². The van der Waals surface area contributed by atoms with Crippen molar-refractivity contribution >= 4 is 17.1 Å². The minimum Gasteiger partial charge on any atom is -0.342 e. The smallest absolute Gasteiger partial charge is 0.317 e. The predicted molar refractivity (Wildman–Crippen MR) is 108 cm³/mol. The molecule has 1 atom stereocenters. The second-order valence-electron chi connectivity index (χ2n) is 7.89. The fourth-order valence-electron chi connectivity index (χ4n) is 4.40. The number of piperidine rings is 1. The van der Waals surface area contributed by atoms with Crippen molar-refractivity contribution in [3.8, 4) is 0 Å². The Balaban J connectivity index is 1.23. The fraction of sp³-hybridized carbons (Fsp3) is 0.619. The molecule has 2 aromatic rings. The van der Waals surface area contributed by atoms with Gasteiger partial charge in [0.15, 0.2) is 0 Å². The Bertz CT molecular complexity index is 719. The summed E-state index contributed by atoms with van der Waals surface area (Å²) in [5, 5.41) is 3.14. The Kier molecular flexibility index (Phi) is 5.92. The Hall–Kier alpha value is -2.08. The average molecular weight is 370 g/mol. The number of amides is 2.